The average Bonchev–Trinajstić information content (AvgIpc) is 2.93. The number of furan rings is 1. The lowest BCUT2D eigenvalue weighted by Gasteiger charge is -2.35. The molecule has 1 aromatic rings. The third-order valence-corrected chi connectivity index (χ3v) is 5.88. The van der Waals surface area contributed by atoms with E-state index in [4.69, 9.17) is 14.4 Å². The van der Waals surface area contributed by atoms with Gasteiger partial charge in [-0.1, -0.05) is 0 Å². The van der Waals surface area contributed by atoms with Crippen LogP contribution >= 0.6 is 0 Å². The molecule has 1 aromatic heterocycles. The highest BCUT2D eigenvalue weighted by Crippen LogP contribution is 2.26. The first-order valence-electron chi connectivity index (χ1n) is 7.14. The molecule has 0 aliphatic carbocycles. The zero-order valence-corrected chi connectivity index (χ0v) is 13.8. The summed E-state index contributed by atoms with van der Waals surface area (Å²) in [5, 5.41) is 8.74. The predicted octanol–water partition coefficient (Wildman–Crippen LogP) is 1.44. The number of nitriles is 1. The van der Waals surface area contributed by atoms with Gasteiger partial charge >= 0.3 is 0 Å². The van der Waals surface area contributed by atoms with Gasteiger partial charge in [0, 0.05) is 26.2 Å². The van der Waals surface area contributed by atoms with E-state index in [0.717, 1.165) is 5.76 Å². The Morgan fingerprint density at radius 2 is 2.27 bits per heavy atom. The Balaban J connectivity index is 2.12. The van der Waals surface area contributed by atoms with Crippen molar-refractivity contribution in [1.29, 1.82) is 5.26 Å². The molecule has 0 spiro atoms. The van der Waals surface area contributed by atoms with Crippen molar-refractivity contribution in [3.63, 3.8) is 0 Å². The molecule has 2 rings (SSSR count). The second kappa shape index (κ2) is 6.79. The predicted molar refractivity (Wildman–Crippen MR) is 80.1 cm³/mol. The molecule has 22 heavy (non-hydrogen) atoms. The maximum Gasteiger partial charge on any atom is 0.282 e. The molecule has 1 aliphatic heterocycles. The molecule has 1 fully saturated rings. The summed E-state index contributed by atoms with van der Waals surface area (Å²) >= 11 is 0. The molecule has 0 unspecified atom stereocenters. The summed E-state index contributed by atoms with van der Waals surface area (Å²) in [6, 6.07) is 5.25. The maximum absolute atomic E-state index is 12.6. The van der Waals surface area contributed by atoms with Crippen molar-refractivity contribution in [3.8, 4) is 6.07 Å². The summed E-state index contributed by atoms with van der Waals surface area (Å²) in [4.78, 5) is 0. The van der Waals surface area contributed by atoms with Crippen LogP contribution < -0.4 is 0 Å². The number of rotatable bonds is 5. The Morgan fingerprint density at radius 3 is 2.86 bits per heavy atom. The first-order chi connectivity index (χ1) is 10.4. The highest BCUT2D eigenvalue weighted by atomic mass is 32.2. The van der Waals surface area contributed by atoms with Gasteiger partial charge in [0.25, 0.3) is 10.2 Å². The quantitative estimate of drug-likeness (QED) is 0.816. The summed E-state index contributed by atoms with van der Waals surface area (Å²) in [7, 11) is -2.12. The van der Waals surface area contributed by atoms with Gasteiger partial charge in [-0.3, -0.25) is 0 Å². The lowest BCUT2D eigenvalue weighted by atomic mass is 10.2. The van der Waals surface area contributed by atoms with Crippen LogP contribution in [0.5, 0.6) is 0 Å². The van der Waals surface area contributed by atoms with Crippen LogP contribution in [0.15, 0.2) is 16.5 Å². The van der Waals surface area contributed by atoms with Crippen molar-refractivity contribution in [2.24, 2.45) is 0 Å². The van der Waals surface area contributed by atoms with Crippen LogP contribution in [0.1, 0.15) is 31.0 Å². The van der Waals surface area contributed by atoms with Gasteiger partial charge in [-0.15, -0.1) is 0 Å². The summed E-state index contributed by atoms with van der Waals surface area (Å²) in [5.74, 6) is 1.39. The number of morpholine rings is 1. The summed E-state index contributed by atoms with van der Waals surface area (Å²) in [6.07, 6.45) is -0.252. The average molecular weight is 327 g/mol. The number of nitrogens with zero attached hydrogens (tertiary/aromatic N) is 3. The van der Waals surface area contributed by atoms with E-state index in [0.29, 0.717) is 18.9 Å². The molecule has 1 saturated heterocycles. The number of hydrogen-bond acceptors (Lipinski definition) is 5. The molecule has 0 N–H and O–H groups in total. The van der Waals surface area contributed by atoms with E-state index < -0.39 is 16.3 Å². The molecule has 7 nitrogen and oxygen atoms in total. The Morgan fingerprint density at radius 1 is 1.55 bits per heavy atom. The summed E-state index contributed by atoms with van der Waals surface area (Å²) in [6.45, 7) is 4.36. The minimum absolute atomic E-state index is 0.154. The van der Waals surface area contributed by atoms with Crippen LogP contribution in [0, 0.1) is 18.3 Å². The molecule has 0 bridgehead atoms. The van der Waals surface area contributed by atoms with Crippen molar-refractivity contribution in [3.05, 3.63) is 23.7 Å². The molecular weight excluding hydrogens is 306 g/mol. The first kappa shape index (κ1) is 17.0. The SMILES string of the molecule is Cc1ccc([C@@H]2CN(S(=O)(=O)N(C)[C@@H](C)CC#N)CCO2)o1. The van der Waals surface area contributed by atoms with Crippen molar-refractivity contribution in [2.75, 3.05) is 26.7 Å². The molecule has 8 heteroatoms. The van der Waals surface area contributed by atoms with Crippen molar-refractivity contribution < 1.29 is 17.6 Å². The number of aryl methyl sites for hydroxylation is 1. The fourth-order valence-electron chi connectivity index (χ4n) is 2.30. The van der Waals surface area contributed by atoms with Gasteiger partial charge in [-0.25, -0.2) is 0 Å². The fraction of sp³-hybridized carbons (Fsp3) is 0.643. The third kappa shape index (κ3) is 3.50. The van der Waals surface area contributed by atoms with Crippen LogP contribution in [-0.2, 0) is 14.9 Å². The number of hydrogen-bond donors (Lipinski definition) is 0. The van der Waals surface area contributed by atoms with Crippen LogP contribution in [0.25, 0.3) is 0 Å². The zero-order valence-electron chi connectivity index (χ0n) is 13.0. The van der Waals surface area contributed by atoms with Gasteiger partial charge in [0.15, 0.2) is 0 Å². The summed E-state index contributed by atoms with van der Waals surface area (Å²) < 4.78 is 39.1. The number of ether oxygens (including phenoxy) is 1. The monoisotopic (exact) mass is 327 g/mol. The Kier molecular flexibility index (Phi) is 5.24. The standard InChI is InChI=1S/C14H21N3O4S/c1-11(6-7-15)16(3)22(18,19)17-8-9-20-14(10-17)13-5-4-12(2)21-13/h4-5,11,14H,6,8-10H2,1-3H3/t11-,14-/m0/s1. The van der Waals surface area contributed by atoms with E-state index in [9.17, 15) is 8.42 Å². The van der Waals surface area contributed by atoms with Crippen molar-refractivity contribution in [1.82, 2.24) is 8.61 Å². The molecular formula is C14H21N3O4S. The fourth-order valence-corrected chi connectivity index (χ4v) is 3.83. The van der Waals surface area contributed by atoms with Gasteiger partial charge in [-0.2, -0.15) is 22.3 Å². The second-order valence-corrected chi connectivity index (χ2v) is 7.39. The van der Waals surface area contributed by atoms with E-state index in [-0.39, 0.29) is 19.0 Å². The molecule has 0 radical (unpaired) electrons. The van der Waals surface area contributed by atoms with E-state index in [2.05, 4.69) is 0 Å². The lowest BCUT2D eigenvalue weighted by Crippen LogP contribution is -2.50. The van der Waals surface area contributed by atoms with Crippen molar-refractivity contribution in [2.45, 2.75) is 32.4 Å². The largest absolute Gasteiger partial charge is 0.464 e. The molecule has 0 amide bonds. The summed E-state index contributed by atoms with van der Waals surface area (Å²) in [5.41, 5.74) is 0. The lowest BCUT2D eigenvalue weighted by molar-refractivity contribution is -0.0162. The van der Waals surface area contributed by atoms with Gasteiger partial charge in [0.1, 0.15) is 17.6 Å². The van der Waals surface area contributed by atoms with Crippen LogP contribution in [-0.4, -0.2) is 49.8 Å². The molecule has 1 aliphatic rings. The van der Waals surface area contributed by atoms with Crippen LogP contribution in [0.3, 0.4) is 0 Å². The van der Waals surface area contributed by atoms with Crippen LogP contribution in [0.2, 0.25) is 0 Å². The van der Waals surface area contributed by atoms with E-state index in [1.54, 1.807) is 13.0 Å². The Hall–Kier alpha value is -1.40. The van der Waals surface area contributed by atoms with E-state index >= 15 is 0 Å². The first-order valence-corrected chi connectivity index (χ1v) is 8.54. The minimum atomic E-state index is -3.62. The molecule has 2 atom stereocenters. The minimum Gasteiger partial charge on any atom is -0.464 e. The molecule has 122 valence electrons. The Labute approximate surface area is 131 Å². The molecule has 0 saturated carbocycles. The highest BCUT2D eigenvalue weighted by Gasteiger charge is 2.35. The second-order valence-electron chi connectivity index (χ2n) is 5.40. The third-order valence-electron chi connectivity index (χ3n) is 3.81. The van der Waals surface area contributed by atoms with Gasteiger partial charge in [0.05, 0.1) is 19.1 Å². The normalized spacial score (nSPS) is 21.7. The molecule has 0 aromatic carbocycles. The van der Waals surface area contributed by atoms with Crippen molar-refractivity contribution >= 4 is 10.2 Å². The van der Waals surface area contributed by atoms with Crippen LogP contribution in [0.4, 0.5) is 0 Å². The van der Waals surface area contributed by atoms with Gasteiger partial charge in [0.2, 0.25) is 0 Å². The Bertz CT molecular complexity index is 649. The maximum atomic E-state index is 12.6. The smallest absolute Gasteiger partial charge is 0.282 e. The highest BCUT2D eigenvalue weighted by molar-refractivity contribution is 7.86. The van der Waals surface area contributed by atoms with Gasteiger partial charge in [-0.05, 0) is 26.0 Å². The van der Waals surface area contributed by atoms with Gasteiger partial charge < -0.3 is 9.15 Å². The topological polar surface area (TPSA) is 86.8 Å². The molecule has 2 heterocycles. The van der Waals surface area contributed by atoms with E-state index in [1.807, 2.05) is 19.1 Å². The van der Waals surface area contributed by atoms with E-state index in [1.165, 1.54) is 15.7 Å². The zero-order chi connectivity index (χ0) is 16.3.